The number of pyridine rings is 4. The molecular formula is C30H32N8O3S. The fourth-order valence-electron chi connectivity index (χ4n) is 4.87. The predicted octanol–water partition coefficient (Wildman–Crippen LogP) is 3.60. The molecule has 0 aliphatic carbocycles. The second kappa shape index (κ2) is 13.0. The molecule has 1 aliphatic heterocycles. The molecule has 1 aliphatic rings. The molecule has 0 spiro atoms. The number of anilines is 1. The molecule has 4 aromatic heterocycles. The van der Waals surface area contributed by atoms with E-state index >= 15 is 0 Å². The van der Waals surface area contributed by atoms with Crippen molar-refractivity contribution in [3.8, 4) is 17.5 Å². The van der Waals surface area contributed by atoms with Gasteiger partial charge < -0.3 is 15.5 Å². The summed E-state index contributed by atoms with van der Waals surface area (Å²) < 4.78 is 23.6. The number of rotatable bonds is 10. The average molecular weight is 585 g/mol. The number of unbranched alkanes of at least 4 members (excludes halogenated alkanes) is 1. The monoisotopic (exact) mass is 584 g/mol. The van der Waals surface area contributed by atoms with E-state index in [2.05, 4.69) is 31.6 Å². The maximum atomic E-state index is 12.6. The second-order valence-electron chi connectivity index (χ2n) is 10.4. The van der Waals surface area contributed by atoms with E-state index in [1.165, 1.54) is 18.5 Å². The summed E-state index contributed by atoms with van der Waals surface area (Å²) in [6.45, 7) is 3.13. The fourth-order valence-corrected chi connectivity index (χ4v) is 5.46. The Morgan fingerprint density at radius 3 is 2.67 bits per heavy atom. The van der Waals surface area contributed by atoms with Crippen LogP contribution in [0, 0.1) is 11.3 Å². The zero-order valence-electron chi connectivity index (χ0n) is 23.3. The van der Waals surface area contributed by atoms with Gasteiger partial charge in [-0.25, -0.2) is 18.4 Å². The highest BCUT2D eigenvalue weighted by Gasteiger charge is 2.19. The molecule has 5 rings (SSSR count). The van der Waals surface area contributed by atoms with E-state index in [9.17, 15) is 13.2 Å². The Labute approximate surface area is 245 Å². The molecule has 0 atom stereocenters. The Bertz CT molecular complexity index is 1730. The number of hydrogen-bond acceptors (Lipinski definition) is 10. The van der Waals surface area contributed by atoms with Crippen molar-refractivity contribution in [1.29, 1.82) is 5.26 Å². The summed E-state index contributed by atoms with van der Waals surface area (Å²) in [7, 11) is -3.48. The zero-order valence-corrected chi connectivity index (χ0v) is 24.1. The van der Waals surface area contributed by atoms with Crippen LogP contribution in [0.3, 0.4) is 0 Å². The Kier molecular flexibility index (Phi) is 9.00. The van der Waals surface area contributed by atoms with Crippen molar-refractivity contribution in [1.82, 2.24) is 30.2 Å². The van der Waals surface area contributed by atoms with Gasteiger partial charge in [-0.2, -0.15) is 5.26 Å². The number of carbonyl (C=O) groups is 1. The first kappa shape index (κ1) is 29.0. The van der Waals surface area contributed by atoms with Gasteiger partial charge in [0.05, 0.1) is 45.7 Å². The van der Waals surface area contributed by atoms with Gasteiger partial charge in [-0.15, -0.1) is 0 Å². The smallest absolute Gasteiger partial charge is 0.253 e. The molecule has 0 radical (unpaired) electrons. The van der Waals surface area contributed by atoms with Crippen LogP contribution < -0.4 is 10.6 Å². The van der Waals surface area contributed by atoms with E-state index < -0.39 is 15.7 Å². The quantitative estimate of drug-likeness (QED) is 0.264. The normalized spacial score (nSPS) is 14.4. The van der Waals surface area contributed by atoms with Gasteiger partial charge in [0.25, 0.3) is 5.91 Å². The fraction of sp³-hybridized carbons (Fsp3) is 0.333. The van der Waals surface area contributed by atoms with Crippen LogP contribution in [0.2, 0.25) is 0 Å². The number of hydrogen-bond donors (Lipinski definition) is 2. The molecule has 1 amide bonds. The number of piperidine rings is 1. The lowest BCUT2D eigenvalue weighted by Crippen LogP contribution is -2.39. The standard InChI is InChI=1S/C30H32N8O3S/c1-42(40,41)25-15-22(17-32-20-25)30(39)34-19-24-16-28-21(18-33-24)7-8-27(36-28)26-5-4-6-29(37-26)35-23-9-13-38(14-10-23)12-3-2-11-31/h4-8,15-18,20,23H,2-3,9-10,12-14,19H2,1H3,(H,34,39)(H,35,37). The molecule has 1 fully saturated rings. The highest BCUT2D eigenvalue weighted by atomic mass is 32.2. The summed E-state index contributed by atoms with van der Waals surface area (Å²) in [4.78, 5) is 33.0. The first-order valence-corrected chi connectivity index (χ1v) is 15.7. The van der Waals surface area contributed by atoms with Gasteiger partial charge in [0.1, 0.15) is 5.82 Å². The Morgan fingerprint density at radius 2 is 1.88 bits per heavy atom. The Hall–Kier alpha value is -4.47. The molecule has 5 heterocycles. The van der Waals surface area contributed by atoms with Crippen LogP contribution in [0.1, 0.15) is 41.7 Å². The lowest BCUT2D eigenvalue weighted by atomic mass is 10.0. The van der Waals surface area contributed by atoms with Crippen LogP contribution >= 0.6 is 0 Å². The average Bonchev–Trinajstić information content (AvgIpc) is 3.00. The van der Waals surface area contributed by atoms with E-state index in [1.807, 2.05) is 36.4 Å². The van der Waals surface area contributed by atoms with Crippen molar-refractivity contribution < 1.29 is 13.2 Å². The van der Waals surface area contributed by atoms with Crippen molar-refractivity contribution in [2.45, 2.75) is 43.2 Å². The number of carbonyl (C=O) groups excluding carboxylic acids is 1. The molecular weight excluding hydrogens is 552 g/mol. The number of nitrogens with one attached hydrogen (secondary N) is 2. The van der Waals surface area contributed by atoms with E-state index in [1.54, 1.807) is 6.20 Å². The van der Waals surface area contributed by atoms with Crippen molar-refractivity contribution in [3.05, 3.63) is 72.3 Å². The van der Waals surface area contributed by atoms with Crippen LogP contribution in [0.5, 0.6) is 0 Å². The van der Waals surface area contributed by atoms with Crippen LogP contribution in [-0.2, 0) is 16.4 Å². The van der Waals surface area contributed by atoms with Crippen molar-refractivity contribution in [2.75, 3.05) is 31.2 Å². The van der Waals surface area contributed by atoms with Gasteiger partial charge in [-0.3, -0.25) is 14.8 Å². The summed E-state index contributed by atoms with van der Waals surface area (Å²) in [6.07, 6.45) is 8.89. The number of nitrogens with zero attached hydrogens (tertiary/aromatic N) is 6. The van der Waals surface area contributed by atoms with Gasteiger partial charge in [0.2, 0.25) is 0 Å². The lowest BCUT2D eigenvalue weighted by molar-refractivity contribution is 0.0950. The van der Waals surface area contributed by atoms with Gasteiger partial charge in [-0.05, 0) is 62.2 Å². The molecule has 0 aromatic carbocycles. The minimum absolute atomic E-state index is 0.0164. The van der Waals surface area contributed by atoms with Crippen LogP contribution in [0.15, 0.2) is 66.0 Å². The number of amides is 1. The SMILES string of the molecule is CS(=O)(=O)c1cncc(C(=O)NCc2cc3nc(-c4cccc(NC5CCN(CCCC#N)CC5)n4)ccc3cn2)c1. The van der Waals surface area contributed by atoms with Crippen molar-refractivity contribution in [3.63, 3.8) is 0 Å². The molecule has 42 heavy (non-hydrogen) atoms. The minimum Gasteiger partial charge on any atom is -0.367 e. The first-order valence-electron chi connectivity index (χ1n) is 13.8. The van der Waals surface area contributed by atoms with Gasteiger partial charge in [0.15, 0.2) is 9.84 Å². The van der Waals surface area contributed by atoms with Gasteiger partial charge in [0, 0.05) is 55.8 Å². The molecule has 12 heteroatoms. The highest BCUT2D eigenvalue weighted by Crippen LogP contribution is 2.23. The number of nitriles is 1. The van der Waals surface area contributed by atoms with Crippen LogP contribution in [0.4, 0.5) is 5.82 Å². The predicted molar refractivity (Wildman–Crippen MR) is 159 cm³/mol. The Balaban J connectivity index is 1.23. The molecule has 4 aromatic rings. The molecule has 0 unspecified atom stereocenters. The topological polar surface area (TPSA) is 154 Å². The molecule has 1 saturated heterocycles. The number of aromatic nitrogens is 4. The largest absolute Gasteiger partial charge is 0.367 e. The summed E-state index contributed by atoms with van der Waals surface area (Å²) in [5.74, 6) is 0.361. The minimum atomic E-state index is -3.48. The maximum Gasteiger partial charge on any atom is 0.253 e. The third-order valence-corrected chi connectivity index (χ3v) is 8.26. The zero-order chi connectivity index (χ0) is 29.5. The van der Waals surface area contributed by atoms with Crippen LogP contribution in [0.25, 0.3) is 22.3 Å². The molecule has 11 nitrogen and oxygen atoms in total. The van der Waals surface area contributed by atoms with Gasteiger partial charge >= 0.3 is 0 Å². The van der Waals surface area contributed by atoms with Crippen molar-refractivity contribution in [2.24, 2.45) is 0 Å². The Morgan fingerprint density at radius 1 is 1.07 bits per heavy atom. The van der Waals surface area contributed by atoms with E-state index in [0.717, 1.165) is 73.3 Å². The highest BCUT2D eigenvalue weighted by molar-refractivity contribution is 7.90. The molecule has 0 saturated carbocycles. The summed E-state index contributed by atoms with van der Waals surface area (Å²) in [5, 5.41) is 15.9. The van der Waals surface area contributed by atoms with E-state index in [0.29, 0.717) is 18.2 Å². The summed E-state index contributed by atoms with van der Waals surface area (Å²) >= 11 is 0. The number of sulfone groups is 1. The third-order valence-electron chi connectivity index (χ3n) is 7.18. The van der Waals surface area contributed by atoms with E-state index in [4.69, 9.17) is 15.2 Å². The van der Waals surface area contributed by atoms with Gasteiger partial charge in [-0.1, -0.05) is 6.07 Å². The maximum absolute atomic E-state index is 12.6. The molecule has 2 N–H and O–H groups in total. The molecule has 216 valence electrons. The lowest BCUT2D eigenvalue weighted by Gasteiger charge is -2.32. The summed E-state index contributed by atoms with van der Waals surface area (Å²) in [6, 6.07) is 15.4. The number of fused-ring (bicyclic) bond motifs is 1. The van der Waals surface area contributed by atoms with Crippen molar-refractivity contribution >= 4 is 32.5 Å². The molecule has 0 bridgehead atoms. The summed E-state index contributed by atoms with van der Waals surface area (Å²) in [5.41, 5.74) is 2.95. The second-order valence-corrected chi connectivity index (χ2v) is 12.4. The number of likely N-dealkylation sites (tertiary alicyclic amines) is 1. The van der Waals surface area contributed by atoms with E-state index in [-0.39, 0.29) is 17.0 Å². The first-order chi connectivity index (χ1) is 20.3. The third kappa shape index (κ3) is 7.43. The van der Waals surface area contributed by atoms with Crippen LogP contribution in [-0.4, -0.2) is 71.1 Å².